The van der Waals surface area contributed by atoms with Crippen LogP contribution >= 0.6 is 11.6 Å². The number of benzene rings is 2. The summed E-state index contributed by atoms with van der Waals surface area (Å²) in [6.07, 6.45) is 0.656. The molecule has 1 aromatic heterocycles. The highest BCUT2D eigenvalue weighted by molar-refractivity contribution is 6.30. The van der Waals surface area contributed by atoms with Crippen LogP contribution in [0.1, 0.15) is 47.8 Å². The van der Waals surface area contributed by atoms with Crippen molar-refractivity contribution in [2.45, 2.75) is 33.1 Å². The van der Waals surface area contributed by atoms with Gasteiger partial charge in [-0.2, -0.15) is 0 Å². The minimum Gasteiger partial charge on any atom is -0.505 e. The minimum absolute atomic E-state index is 0.0331. The third kappa shape index (κ3) is 3.72. The van der Waals surface area contributed by atoms with Gasteiger partial charge in [-0.25, -0.2) is 4.39 Å². The summed E-state index contributed by atoms with van der Waals surface area (Å²) in [6, 6.07) is 8.98. The average Bonchev–Trinajstić information content (AvgIpc) is 3.00. The maximum atomic E-state index is 14.9. The molecule has 1 atom stereocenters. The predicted octanol–water partition coefficient (Wildman–Crippen LogP) is 5.19. The van der Waals surface area contributed by atoms with E-state index in [4.69, 9.17) is 16.3 Å². The summed E-state index contributed by atoms with van der Waals surface area (Å²) in [4.78, 5) is 25.7. The van der Waals surface area contributed by atoms with Crippen LogP contribution in [-0.2, 0) is 9.53 Å². The van der Waals surface area contributed by atoms with E-state index >= 15 is 0 Å². The monoisotopic (exact) mass is 417 g/mol. The highest BCUT2D eigenvalue weighted by atomic mass is 35.5. The van der Waals surface area contributed by atoms with E-state index in [-0.39, 0.29) is 17.5 Å². The molecule has 0 fully saturated rings. The molecule has 0 aliphatic heterocycles. The van der Waals surface area contributed by atoms with Crippen LogP contribution in [0.3, 0.4) is 0 Å². The molecule has 0 aliphatic rings. The average molecular weight is 418 g/mol. The van der Waals surface area contributed by atoms with Gasteiger partial charge in [-0.05, 0) is 62.2 Å². The first-order chi connectivity index (χ1) is 13.8. The molecule has 1 unspecified atom stereocenters. The van der Waals surface area contributed by atoms with E-state index in [1.165, 1.54) is 16.7 Å². The molecule has 3 aromatic rings. The van der Waals surface area contributed by atoms with Gasteiger partial charge in [0, 0.05) is 21.7 Å². The molecule has 0 spiro atoms. The molecule has 0 amide bonds. The predicted molar refractivity (Wildman–Crippen MR) is 109 cm³/mol. The van der Waals surface area contributed by atoms with Crippen LogP contribution in [0, 0.1) is 12.7 Å². The summed E-state index contributed by atoms with van der Waals surface area (Å²) in [5.74, 6) is -3.16. The van der Waals surface area contributed by atoms with Crippen molar-refractivity contribution in [1.29, 1.82) is 0 Å². The van der Waals surface area contributed by atoms with Gasteiger partial charge in [0.1, 0.15) is 0 Å². The second kappa shape index (κ2) is 8.25. The number of aromatic nitrogens is 1. The zero-order valence-corrected chi connectivity index (χ0v) is 17.1. The molecule has 0 bridgehead atoms. The largest absolute Gasteiger partial charge is 0.505 e. The van der Waals surface area contributed by atoms with Crippen molar-refractivity contribution < 1.29 is 23.8 Å². The van der Waals surface area contributed by atoms with Gasteiger partial charge in [0.15, 0.2) is 11.6 Å². The number of carbonyl (C=O) groups excluding carboxylic acids is 2. The lowest BCUT2D eigenvalue weighted by Gasteiger charge is -2.13. The van der Waals surface area contributed by atoms with Gasteiger partial charge in [0.05, 0.1) is 18.0 Å². The van der Waals surface area contributed by atoms with Crippen LogP contribution < -0.4 is 0 Å². The summed E-state index contributed by atoms with van der Waals surface area (Å²) in [5, 5.41) is 10.4. The lowest BCUT2D eigenvalue weighted by Crippen LogP contribution is -2.17. The van der Waals surface area contributed by atoms with Crippen LogP contribution in [-0.4, -0.2) is 28.2 Å². The Morgan fingerprint density at radius 2 is 1.86 bits per heavy atom. The Bertz CT molecular complexity index is 1090. The molecule has 0 saturated carbocycles. The molecule has 2 aromatic carbocycles. The number of hydrogen-bond donors (Lipinski definition) is 1. The first-order valence-corrected chi connectivity index (χ1v) is 9.65. The molecule has 0 aliphatic carbocycles. The summed E-state index contributed by atoms with van der Waals surface area (Å²) in [6.45, 7) is 5.36. The summed E-state index contributed by atoms with van der Waals surface area (Å²) in [5.41, 5.74) is 1.35. The van der Waals surface area contributed by atoms with Crippen LogP contribution in [0.4, 0.5) is 4.39 Å². The number of carbonyl (C=O) groups is 2. The van der Waals surface area contributed by atoms with Gasteiger partial charge < -0.3 is 9.84 Å². The van der Waals surface area contributed by atoms with E-state index in [0.717, 1.165) is 0 Å². The van der Waals surface area contributed by atoms with E-state index in [1.807, 2.05) is 6.92 Å². The number of halogens is 2. The smallest absolute Gasteiger partial charge is 0.313 e. The molecule has 1 N–H and O–H groups in total. The molecule has 152 valence electrons. The molecule has 3 rings (SSSR count). The van der Waals surface area contributed by atoms with Crippen molar-refractivity contribution in [2.75, 3.05) is 6.61 Å². The first kappa shape index (κ1) is 20.9. The number of phenolic OH excluding ortho intramolecular Hbond substituents is 1. The van der Waals surface area contributed by atoms with Crippen molar-refractivity contribution in [2.24, 2.45) is 0 Å². The third-order valence-electron chi connectivity index (χ3n) is 4.86. The zero-order valence-electron chi connectivity index (χ0n) is 16.3. The van der Waals surface area contributed by atoms with Gasteiger partial charge in [-0.1, -0.05) is 18.5 Å². The maximum absolute atomic E-state index is 14.9. The number of esters is 1. The number of phenols is 1. The Morgan fingerprint density at radius 3 is 2.48 bits per heavy atom. The van der Waals surface area contributed by atoms with E-state index < -0.39 is 29.4 Å². The van der Waals surface area contributed by atoms with Gasteiger partial charge in [-0.15, -0.1) is 0 Å². The number of aromatic hydroxyl groups is 1. The van der Waals surface area contributed by atoms with Gasteiger partial charge in [-0.3, -0.25) is 14.2 Å². The standard InChI is InChI=1S/C22H21ClFNO4/c1-4-11-29-22(28)12(2)18-13(3)25(16-9-10-17(26)20(24)19(16)18)21(27)14-5-7-15(23)8-6-14/h5-10,12,26H,4,11H2,1-3H3. The number of fused-ring (bicyclic) bond motifs is 1. The molecule has 0 radical (unpaired) electrons. The molecule has 0 saturated heterocycles. The topological polar surface area (TPSA) is 68.5 Å². The fourth-order valence-corrected chi connectivity index (χ4v) is 3.56. The second-order valence-corrected chi connectivity index (χ2v) is 7.26. The Balaban J connectivity index is 2.23. The molecule has 1 heterocycles. The fourth-order valence-electron chi connectivity index (χ4n) is 3.44. The Kier molecular flexibility index (Phi) is 5.94. The molecular weight excluding hydrogens is 397 g/mol. The molecule has 29 heavy (non-hydrogen) atoms. The number of rotatable bonds is 5. The third-order valence-corrected chi connectivity index (χ3v) is 5.12. The number of hydrogen-bond acceptors (Lipinski definition) is 4. The maximum Gasteiger partial charge on any atom is 0.313 e. The highest BCUT2D eigenvalue weighted by Crippen LogP contribution is 2.37. The number of nitrogens with zero attached hydrogens (tertiary/aromatic N) is 1. The lowest BCUT2D eigenvalue weighted by molar-refractivity contribution is -0.145. The van der Waals surface area contributed by atoms with Crippen molar-refractivity contribution in [3.05, 3.63) is 64.1 Å². The Morgan fingerprint density at radius 1 is 1.21 bits per heavy atom. The SMILES string of the molecule is CCCOC(=O)C(C)c1c(C)n(C(=O)c2ccc(Cl)cc2)c2ccc(O)c(F)c12. The first-order valence-electron chi connectivity index (χ1n) is 9.27. The van der Waals surface area contributed by atoms with Crippen LogP contribution in [0.2, 0.25) is 5.02 Å². The minimum atomic E-state index is -0.876. The highest BCUT2D eigenvalue weighted by Gasteiger charge is 2.30. The molecular formula is C22H21ClFNO4. The molecule has 5 nitrogen and oxygen atoms in total. The fraction of sp³-hybridized carbons (Fsp3) is 0.273. The Hall–Kier alpha value is -2.86. The zero-order chi connectivity index (χ0) is 21.3. The van der Waals surface area contributed by atoms with Crippen molar-refractivity contribution in [3.8, 4) is 5.75 Å². The van der Waals surface area contributed by atoms with Gasteiger partial charge >= 0.3 is 5.97 Å². The van der Waals surface area contributed by atoms with Gasteiger partial charge in [0.2, 0.25) is 0 Å². The second-order valence-electron chi connectivity index (χ2n) is 6.83. The van der Waals surface area contributed by atoms with Crippen molar-refractivity contribution in [1.82, 2.24) is 4.57 Å². The van der Waals surface area contributed by atoms with Crippen LogP contribution in [0.15, 0.2) is 36.4 Å². The lowest BCUT2D eigenvalue weighted by atomic mass is 9.97. The Labute approximate surface area is 172 Å². The van der Waals surface area contributed by atoms with E-state index in [2.05, 4.69) is 0 Å². The van der Waals surface area contributed by atoms with Crippen molar-refractivity contribution in [3.63, 3.8) is 0 Å². The summed E-state index contributed by atoms with van der Waals surface area (Å²) >= 11 is 5.90. The quantitative estimate of drug-likeness (QED) is 0.580. The van der Waals surface area contributed by atoms with E-state index in [9.17, 15) is 19.1 Å². The van der Waals surface area contributed by atoms with Crippen molar-refractivity contribution >= 4 is 34.4 Å². The van der Waals surface area contributed by atoms with Crippen LogP contribution in [0.5, 0.6) is 5.75 Å². The summed E-state index contributed by atoms with van der Waals surface area (Å²) in [7, 11) is 0. The van der Waals surface area contributed by atoms with Crippen LogP contribution in [0.25, 0.3) is 10.9 Å². The normalized spacial score (nSPS) is 12.2. The summed E-state index contributed by atoms with van der Waals surface area (Å²) < 4.78 is 21.5. The number of ether oxygens (including phenoxy) is 1. The van der Waals surface area contributed by atoms with E-state index in [1.54, 1.807) is 38.1 Å². The molecule has 7 heteroatoms. The van der Waals surface area contributed by atoms with E-state index in [0.29, 0.717) is 28.3 Å². The van der Waals surface area contributed by atoms with Gasteiger partial charge in [0.25, 0.3) is 5.91 Å².